The average molecular weight is 242 g/mol. The van der Waals surface area contributed by atoms with E-state index >= 15 is 0 Å². The molecule has 2 heterocycles. The maximum Gasteiger partial charge on any atom is 0.130 e. The molecule has 2 aliphatic rings. The highest BCUT2D eigenvalue weighted by molar-refractivity contribution is 5.69. The first-order chi connectivity index (χ1) is 8.72. The molecule has 0 amide bonds. The van der Waals surface area contributed by atoms with E-state index in [1.807, 2.05) is 6.07 Å². The second-order valence-corrected chi connectivity index (χ2v) is 5.22. The Morgan fingerprint density at radius 1 is 0.833 bits per heavy atom. The summed E-state index contributed by atoms with van der Waals surface area (Å²) in [6, 6.07) is 4.17. The maximum absolute atomic E-state index is 5.83. The van der Waals surface area contributed by atoms with Crippen molar-refractivity contribution in [2.75, 3.05) is 13.2 Å². The Labute approximate surface area is 108 Å². The smallest absolute Gasteiger partial charge is 0.130 e. The van der Waals surface area contributed by atoms with Crippen LogP contribution in [0.3, 0.4) is 0 Å². The minimum absolute atomic E-state index is 0.452. The fourth-order valence-corrected chi connectivity index (χ4v) is 2.20. The van der Waals surface area contributed by atoms with E-state index in [1.54, 1.807) is 0 Å². The lowest BCUT2D eigenvalue weighted by Gasteiger charge is -2.13. The summed E-state index contributed by atoms with van der Waals surface area (Å²) in [4.78, 5) is 0. The summed E-state index contributed by atoms with van der Waals surface area (Å²) in [5.41, 5.74) is 2.28. The number of hydrogen-bond donors (Lipinski definition) is 0. The largest absolute Gasteiger partial charge is 0.492 e. The van der Waals surface area contributed by atoms with Crippen molar-refractivity contribution < 1.29 is 9.47 Å². The lowest BCUT2D eigenvalue weighted by molar-refractivity contribution is 0.273. The van der Waals surface area contributed by atoms with E-state index in [1.165, 1.54) is 0 Å². The van der Waals surface area contributed by atoms with Gasteiger partial charge in [-0.2, -0.15) is 0 Å². The van der Waals surface area contributed by atoms with Gasteiger partial charge in [0.25, 0.3) is 0 Å². The van der Waals surface area contributed by atoms with Crippen molar-refractivity contribution in [2.24, 2.45) is 11.8 Å². The zero-order valence-electron chi connectivity index (χ0n) is 10.8. The van der Waals surface area contributed by atoms with Crippen LogP contribution in [0.25, 0.3) is 12.2 Å². The predicted octanol–water partition coefficient (Wildman–Crippen LogP) is 3.77. The van der Waals surface area contributed by atoms with Crippen LogP contribution in [0.5, 0.6) is 11.5 Å². The Kier molecular flexibility index (Phi) is 2.86. The van der Waals surface area contributed by atoms with Gasteiger partial charge < -0.3 is 9.47 Å². The van der Waals surface area contributed by atoms with Gasteiger partial charge in [-0.1, -0.05) is 38.2 Å². The molecule has 0 aliphatic carbocycles. The Hall–Kier alpha value is -1.70. The second kappa shape index (κ2) is 4.52. The normalized spacial score (nSPS) is 25.2. The average Bonchev–Trinajstić information content (AvgIpc) is 2.66. The number of benzene rings is 1. The van der Waals surface area contributed by atoms with Crippen molar-refractivity contribution in [3.63, 3.8) is 0 Å². The van der Waals surface area contributed by atoms with Crippen LogP contribution < -0.4 is 9.47 Å². The van der Waals surface area contributed by atoms with Gasteiger partial charge in [-0.15, -0.1) is 0 Å². The van der Waals surface area contributed by atoms with Gasteiger partial charge in [0, 0.05) is 29.0 Å². The highest BCUT2D eigenvalue weighted by Crippen LogP contribution is 2.34. The minimum atomic E-state index is 0.452. The van der Waals surface area contributed by atoms with Crippen LogP contribution >= 0.6 is 0 Å². The summed E-state index contributed by atoms with van der Waals surface area (Å²) in [5.74, 6) is 2.76. The van der Waals surface area contributed by atoms with Crippen LogP contribution in [0.2, 0.25) is 0 Å². The van der Waals surface area contributed by atoms with Gasteiger partial charge >= 0.3 is 0 Å². The van der Waals surface area contributed by atoms with E-state index in [9.17, 15) is 0 Å². The molecule has 1 aromatic carbocycles. The van der Waals surface area contributed by atoms with Crippen LogP contribution in [-0.2, 0) is 0 Å². The van der Waals surface area contributed by atoms with Crippen LogP contribution in [0.4, 0.5) is 0 Å². The van der Waals surface area contributed by atoms with Crippen LogP contribution in [0, 0.1) is 11.8 Å². The summed E-state index contributed by atoms with van der Waals surface area (Å²) in [7, 11) is 0. The lowest BCUT2D eigenvalue weighted by Crippen LogP contribution is -2.06. The third-order valence-electron chi connectivity index (χ3n) is 3.35. The van der Waals surface area contributed by atoms with Crippen molar-refractivity contribution in [3.05, 3.63) is 35.4 Å². The Bertz CT molecular complexity index is 471. The zero-order chi connectivity index (χ0) is 12.5. The predicted molar refractivity (Wildman–Crippen MR) is 73.8 cm³/mol. The van der Waals surface area contributed by atoms with Crippen molar-refractivity contribution in [2.45, 2.75) is 13.8 Å². The molecule has 0 aromatic heterocycles. The molecule has 2 nitrogen and oxygen atoms in total. The zero-order valence-corrected chi connectivity index (χ0v) is 10.8. The fourth-order valence-electron chi connectivity index (χ4n) is 2.20. The number of fused-ring (bicyclic) bond motifs is 2. The van der Waals surface area contributed by atoms with Crippen molar-refractivity contribution in [1.29, 1.82) is 0 Å². The molecule has 0 fully saturated rings. The first-order valence-corrected chi connectivity index (χ1v) is 6.52. The molecule has 18 heavy (non-hydrogen) atoms. The molecule has 2 aliphatic heterocycles. The van der Waals surface area contributed by atoms with E-state index in [0.29, 0.717) is 11.8 Å². The molecule has 0 saturated heterocycles. The SMILES string of the molecule is CC1C=Cc2cc3c(cc2OC1)OCC(C)C=C3. The Morgan fingerprint density at radius 2 is 1.33 bits per heavy atom. The second-order valence-electron chi connectivity index (χ2n) is 5.22. The first-order valence-electron chi connectivity index (χ1n) is 6.52. The molecule has 94 valence electrons. The van der Waals surface area contributed by atoms with E-state index in [2.05, 4.69) is 44.2 Å². The summed E-state index contributed by atoms with van der Waals surface area (Å²) in [6.07, 6.45) is 8.69. The van der Waals surface area contributed by atoms with Crippen molar-refractivity contribution >= 4 is 12.2 Å². The molecular weight excluding hydrogens is 224 g/mol. The summed E-state index contributed by atoms with van der Waals surface area (Å²) in [5, 5.41) is 0. The van der Waals surface area contributed by atoms with Crippen molar-refractivity contribution in [1.82, 2.24) is 0 Å². The summed E-state index contributed by atoms with van der Waals surface area (Å²) < 4.78 is 11.7. The molecule has 0 bridgehead atoms. The molecule has 0 saturated carbocycles. The molecule has 2 heteroatoms. The Balaban J connectivity index is 2.04. The minimum Gasteiger partial charge on any atom is -0.492 e. The lowest BCUT2D eigenvalue weighted by atomic mass is 10.1. The van der Waals surface area contributed by atoms with Gasteiger partial charge in [0.2, 0.25) is 0 Å². The van der Waals surface area contributed by atoms with Gasteiger partial charge in [0.05, 0.1) is 13.2 Å². The molecule has 0 N–H and O–H groups in total. The third-order valence-corrected chi connectivity index (χ3v) is 3.35. The number of rotatable bonds is 0. The van der Waals surface area contributed by atoms with Gasteiger partial charge in [-0.3, -0.25) is 0 Å². The molecule has 0 radical (unpaired) electrons. The Morgan fingerprint density at radius 3 is 1.83 bits per heavy atom. The van der Waals surface area contributed by atoms with Gasteiger partial charge in [-0.25, -0.2) is 0 Å². The molecule has 3 rings (SSSR count). The van der Waals surface area contributed by atoms with E-state index in [-0.39, 0.29) is 0 Å². The number of ether oxygens (including phenoxy) is 2. The standard InChI is InChI=1S/C16H18O2/c1-11-3-5-13-7-14-6-4-12(2)10-18-16(14)8-15(13)17-9-11/h3-8,11-12H,9-10H2,1-2H3. The van der Waals surface area contributed by atoms with E-state index in [0.717, 1.165) is 35.8 Å². The van der Waals surface area contributed by atoms with E-state index in [4.69, 9.17) is 9.47 Å². The third kappa shape index (κ3) is 2.15. The topological polar surface area (TPSA) is 18.5 Å². The summed E-state index contributed by atoms with van der Waals surface area (Å²) >= 11 is 0. The maximum atomic E-state index is 5.83. The monoisotopic (exact) mass is 242 g/mol. The van der Waals surface area contributed by atoms with Gasteiger partial charge in [-0.05, 0) is 6.07 Å². The van der Waals surface area contributed by atoms with Crippen LogP contribution in [-0.4, -0.2) is 13.2 Å². The van der Waals surface area contributed by atoms with Crippen LogP contribution in [0.1, 0.15) is 25.0 Å². The number of hydrogen-bond acceptors (Lipinski definition) is 2. The molecule has 2 unspecified atom stereocenters. The molecule has 1 aromatic rings. The molecule has 2 atom stereocenters. The van der Waals surface area contributed by atoms with Crippen LogP contribution in [0.15, 0.2) is 24.3 Å². The highest BCUT2D eigenvalue weighted by atomic mass is 16.5. The fraction of sp³-hybridized carbons (Fsp3) is 0.375. The van der Waals surface area contributed by atoms with Gasteiger partial charge in [0.1, 0.15) is 11.5 Å². The summed E-state index contributed by atoms with van der Waals surface area (Å²) in [6.45, 7) is 5.78. The van der Waals surface area contributed by atoms with Crippen molar-refractivity contribution in [3.8, 4) is 11.5 Å². The highest BCUT2D eigenvalue weighted by Gasteiger charge is 2.15. The van der Waals surface area contributed by atoms with Gasteiger partial charge in [0.15, 0.2) is 0 Å². The molecule has 0 spiro atoms. The molecular formula is C16H18O2. The van der Waals surface area contributed by atoms with E-state index < -0.39 is 0 Å². The quantitative estimate of drug-likeness (QED) is 0.689. The first kappa shape index (κ1) is 11.4.